The summed E-state index contributed by atoms with van der Waals surface area (Å²) in [4.78, 5) is 29.6. The number of aromatic nitrogens is 1. The molecule has 0 aliphatic carbocycles. The van der Waals surface area contributed by atoms with Crippen LogP contribution < -0.4 is 16.2 Å². The third-order valence-corrected chi connectivity index (χ3v) is 13.4. The molecule has 2 heterocycles. The Morgan fingerprint density at radius 2 is 1.79 bits per heavy atom. The maximum Gasteiger partial charge on any atom is 0.248 e. The van der Waals surface area contributed by atoms with Crippen molar-refractivity contribution in [3.8, 4) is 5.75 Å². The fraction of sp³-hybridized carbons (Fsp3) is 0.515. The number of pyridine rings is 1. The van der Waals surface area contributed by atoms with Gasteiger partial charge in [0.15, 0.2) is 8.32 Å². The number of nitrogens with zero attached hydrogens (tertiary/aromatic N) is 1. The number of rotatable bonds is 11. The molecule has 42 heavy (non-hydrogen) atoms. The molecular weight excluding hydrogens is 544 g/mol. The van der Waals surface area contributed by atoms with Crippen LogP contribution >= 0.6 is 0 Å². The highest BCUT2D eigenvalue weighted by atomic mass is 28.4. The summed E-state index contributed by atoms with van der Waals surface area (Å²) in [6.45, 7) is 17.6. The van der Waals surface area contributed by atoms with Crippen LogP contribution in [0.1, 0.15) is 64.2 Å². The first-order valence-electron chi connectivity index (χ1n) is 15.2. The second kappa shape index (κ2) is 13.5. The number of hydrogen-bond acceptors (Lipinski definition) is 6. The van der Waals surface area contributed by atoms with Crippen LogP contribution in [0.15, 0.2) is 53.3 Å². The molecular formula is C33H48N4O4Si. The maximum atomic E-state index is 12.5. The van der Waals surface area contributed by atoms with E-state index in [1.54, 1.807) is 12.1 Å². The molecule has 4 N–H and O–H groups in total. The van der Waals surface area contributed by atoms with Crippen LogP contribution in [0.4, 0.5) is 5.69 Å². The van der Waals surface area contributed by atoms with E-state index in [0.29, 0.717) is 25.0 Å². The molecule has 228 valence electrons. The van der Waals surface area contributed by atoms with Gasteiger partial charge >= 0.3 is 0 Å². The molecule has 1 aliphatic heterocycles. The Morgan fingerprint density at radius 3 is 2.45 bits per heavy atom. The van der Waals surface area contributed by atoms with E-state index in [-0.39, 0.29) is 28.4 Å². The number of phenolic OH excluding ortho intramolecular Hbond substituents is 1. The predicted molar refractivity (Wildman–Crippen MR) is 173 cm³/mol. The second-order valence-electron chi connectivity index (χ2n) is 13.3. The topological polar surface area (TPSA) is 107 Å². The number of carbonyl (C=O) groups is 1. The summed E-state index contributed by atoms with van der Waals surface area (Å²) in [5.74, 6) is 0.879. The molecule has 9 heteroatoms. The van der Waals surface area contributed by atoms with E-state index >= 15 is 0 Å². The van der Waals surface area contributed by atoms with Crippen LogP contribution in [0.25, 0.3) is 10.9 Å². The summed E-state index contributed by atoms with van der Waals surface area (Å²) in [5.41, 5.74) is 2.99. The summed E-state index contributed by atoms with van der Waals surface area (Å²) >= 11 is 0. The third kappa shape index (κ3) is 8.31. The highest BCUT2D eigenvalue weighted by Crippen LogP contribution is 2.41. The van der Waals surface area contributed by atoms with E-state index in [0.717, 1.165) is 47.8 Å². The van der Waals surface area contributed by atoms with Crippen molar-refractivity contribution in [2.45, 2.75) is 77.7 Å². The molecule has 1 fully saturated rings. The monoisotopic (exact) mass is 592 g/mol. The third-order valence-electron chi connectivity index (χ3n) is 8.92. The first kappa shape index (κ1) is 31.9. The van der Waals surface area contributed by atoms with Crippen LogP contribution in [-0.4, -0.2) is 55.4 Å². The van der Waals surface area contributed by atoms with Gasteiger partial charge in [0.2, 0.25) is 11.5 Å². The van der Waals surface area contributed by atoms with Gasteiger partial charge in [-0.2, -0.15) is 0 Å². The zero-order valence-corrected chi connectivity index (χ0v) is 27.0. The molecule has 0 spiro atoms. The van der Waals surface area contributed by atoms with E-state index < -0.39 is 8.32 Å². The summed E-state index contributed by atoms with van der Waals surface area (Å²) < 4.78 is 6.89. The standard InChI is InChI=1S/C33H48N4O4Si/c1-23-15-18-37(19-16-23)20-17-31(40)35-25-9-7-24(8-10-25)21-34-22-29(41-42(5,6)33(2,3)4)26-11-13-28(38)32-27(26)12-14-30(39)36-32/h7-14,23,29,34,38H,15-22H2,1-6H3,(H,35,40)(H,36,39). The maximum absolute atomic E-state index is 12.5. The molecule has 0 saturated carbocycles. The minimum Gasteiger partial charge on any atom is -0.506 e. The molecule has 2 aromatic carbocycles. The number of nitrogens with one attached hydrogen (secondary N) is 3. The number of aromatic hydroxyl groups is 1. The minimum absolute atomic E-state index is 0.0128. The molecule has 1 atom stereocenters. The minimum atomic E-state index is -2.15. The highest BCUT2D eigenvalue weighted by molar-refractivity contribution is 6.74. The van der Waals surface area contributed by atoms with Gasteiger partial charge in [-0.1, -0.05) is 45.9 Å². The Labute approximate surface area is 251 Å². The van der Waals surface area contributed by atoms with Gasteiger partial charge in [0.05, 0.1) is 11.6 Å². The van der Waals surface area contributed by atoms with E-state index in [9.17, 15) is 14.7 Å². The van der Waals surface area contributed by atoms with E-state index in [1.165, 1.54) is 18.9 Å². The number of fused-ring (bicyclic) bond motifs is 1. The lowest BCUT2D eigenvalue weighted by Gasteiger charge is -2.39. The van der Waals surface area contributed by atoms with Crippen LogP contribution in [0.2, 0.25) is 18.1 Å². The number of amides is 1. The lowest BCUT2D eigenvalue weighted by Crippen LogP contribution is -2.43. The number of phenols is 1. The number of anilines is 1. The van der Waals surface area contributed by atoms with Crippen molar-refractivity contribution >= 4 is 30.8 Å². The van der Waals surface area contributed by atoms with Gasteiger partial charge in [-0.25, -0.2) is 0 Å². The van der Waals surface area contributed by atoms with Crippen LogP contribution in [0.5, 0.6) is 5.75 Å². The Balaban J connectivity index is 1.39. The molecule has 3 aromatic rings. The average Bonchev–Trinajstić information content (AvgIpc) is 2.93. The van der Waals surface area contributed by atoms with Crippen molar-refractivity contribution in [2.24, 2.45) is 5.92 Å². The molecule has 1 saturated heterocycles. The Morgan fingerprint density at radius 1 is 1.10 bits per heavy atom. The van der Waals surface area contributed by atoms with Gasteiger partial charge < -0.3 is 30.0 Å². The molecule has 8 nitrogen and oxygen atoms in total. The lowest BCUT2D eigenvalue weighted by molar-refractivity contribution is -0.116. The normalized spacial score (nSPS) is 16.0. The van der Waals surface area contributed by atoms with Crippen LogP contribution in [-0.2, 0) is 15.8 Å². The smallest absolute Gasteiger partial charge is 0.248 e. The SMILES string of the molecule is CC1CCN(CCC(=O)Nc2ccc(CNCC(O[Si](C)(C)C(C)(C)C)c3ccc(O)c4[nH]c(=O)ccc34)cc2)CC1. The quantitative estimate of drug-likeness (QED) is 0.199. The number of benzene rings is 2. The van der Waals surface area contributed by atoms with E-state index in [2.05, 4.69) is 61.3 Å². The van der Waals surface area contributed by atoms with Gasteiger partial charge in [0.1, 0.15) is 5.75 Å². The first-order valence-corrected chi connectivity index (χ1v) is 18.1. The molecule has 1 aromatic heterocycles. The van der Waals surface area contributed by atoms with Gasteiger partial charge in [-0.05, 0) is 85.4 Å². The fourth-order valence-electron chi connectivity index (χ4n) is 5.11. The second-order valence-corrected chi connectivity index (χ2v) is 18.1. The Kier molecular flexibility index (Phi) is 10.3. The Hall–Kier alpha value is -2.98. The summed E-state index contributed by atoms with van der Waals surface area (Å²) in [6.07, 6.45) is 2.66. The number of carbonyl (C=O) groups excluding carboxylic acids is 1. The first-order chi connectivity index (χ1) is 19.8. The van der Waals surface area contributed by atoms with Crippen molar-refractivity contribution in [1.82, 2.24) is 15.2 Å². The van der Waals surface area contributed by atoms with Gasteiger partial charge in [0.25, 0.3) is 0 Å². The number of hydrogen-bond donors (Lipinski definition) is 4. The zero-order chi connectivity index (χ0) is 30.5. The zero-order valence-electron chi connectivity index (χ0n) is 26.0. The number of aromatic amines is 1. The number of H-pyrrole nitrogens is 1. The van der Waals surface area contributed by atoms with Crippen LogP contribution in [0, 0.1) is 5.92 Å². The van der Waals surface area contributed by atoms with Gasteiger partial charge in [-0.3, -0.25) is 9.59 Å². The number of likely N-dealkylation sites (tertiary alicyclic amines) is 1. The van der Waals surface area contributed by atoms with Crippen molar-refractivity contribution in [3.05, 3.63) is 70.0 Å². The molecule has 1 unspecified atom stereocenters. The average molecular weight is 593 g/mol. The van der Waals surface area contributed by atoms with Gasteiger partial charge in [0, 0.05) is 43.2 Å². The molecule has 1 aliphatic rings. The summed E-state index contributed by atoms with van der Waals surface area (Å²) in [5, 5.41) is 17.8. The molecule has 1 amide bonds. The number of piperidine rings is 1. The van der Waals surface area contributed by atoms with Crippen molar-refractivity contribution in [2.75, 3.05) is 31.5 Å². The van der Waals surface area contributed by atoms with Crippen molar-refractivity contribution in [1.29, 1.82) is 0 Å². The fourth-order valence-corrected chi connectivity index (χ4v) is 6.38. The predicted octanol–water partition coefficient (Wildman–Crippen LogP) is 6.15. The highest BCUT2D eigenvalue weighted by Gasteiger charge is 2.39. The Bertz CT molecular complexity index is 1410. The summed E-state index contributed by atoms with van der Waals surface area (Å²) in [7, 11) is -2.15. The van der Waals surface area contributed by atoms with Crippen LogP contribution in [0.3, 0.4) is 0 Å². The van der Waals surface area contributed by atoms with E-state index in [4.69, 9.17) is 4.43 Å². The van der Waals surface area contributed by atoms with Gasteiger partial charge in [-0.15, -0.1) is 0 Å². The van der Waals surface area contributed by atoms with E-state index in [1.807, 2.05) is 30.3 Å². The lowest BCUT2D eigenvalue weighted by atomic mass is 9.99. The summed E-state index contributed by atoms with van der Waals surface area (Å²) in [6, 6.07) is 14.7. The van der Waals surface area contributed by atoms with Crippen molar-refractivity contribution < 1.29 is 14.3 Å². The molecule has 0 bridgehead atoms. The largest absolute Gasteiger partial charge is 0.506 e. The molecule has 4 rings (SSSR count). The van der Waals surface area contributed by atoms with Crippen molar-refractivity contribution in [3.63, 3.8) is 0 Å². The molecule has 0 radical (unpaired) electrons.